The fraction of sp³-hybridized carbons (Fsp3) is 0.111. The smallest absolute Gasteiger partial charge is 0.00878 e. The van der Waals surface area contributed by atoms with Crippen LogP contribution in [0.4, 0.5) is 0 Å². The van der Waals surface area contributed by atoms with Gasteiger partial charge in [-0.2, -0.15) is 0 Å². The normalized spacial score (nSPS) is 10.9. The molecule has 0 aromatic heterocycles. The van der Waals surface area contributed by atoms with Crippen LogP contribution in [-0.2, 0) is 6.42 Å². The predicted octanol–water partition coefficient (Wildman–Crippen LogP) is 5.03. The average molecular weight is 232 g/mol. The highest BCUT2D eigenvalue weighted by Gasteiger charge is 2.09. The van der Waals surface area contributed by atoms with Crippen molar-refractivity contribution in [2.24, 2.45) is 0 Å². The van der Waals surface area contributed by atoms with Gasteiger partial charge in [0.2, 0.25) is 0 Å². The third kappa shape index (κ3) is 1.53. The Labute approximate surface area is 108 Å². The van der Waals surface area contributed by atoms with Crippen molar-refractivity contribution in [2.45, 2.75) is 13.3 Å². The van der Waals surface area contributed by atoms with Crippen LogP contribution in [0.15, 0.2) is 61.2 Å². The topological polar surface area (TPSA) is 0 Å². The second-order valence-corrected chi connectivity index (χ2v) is 4.69. The molecule has 0 radical (unpaired) electrons. The highest BCUT2D eigenvalue weighted by Crippen LogP contribution is 2.32. The van der Waals surface area contributed by atoms with Gasteiger partial charge in [0, 0.05) is 0 Å². The number of rotatable bonds is 2. The minimum Gasteiger partial charge on any atom is -0.103 e. The van der Waals surface area contributed by atoms with Crippen LogP contribution in [0.5, 0.6) is 0 Å². The van der Waals surface area contributed by atoms with Gasteiger partial charge in [-0.05, 0) is 46.0 Å². The van der Waals surface area contributed by atoms with Crippen LogP contribution < -0.4 is 0 Å². The molecule has 0 heterocycles. The first-order valence-corrected chi connectivity index (χ1v) is 6.32. The van der Waals surface area contributed by atoms with E-state index in [2.05, 4.69) is 62.0 Å². The first kappa shape index (κ1) is 11.0. The van der Waals surface area contributed by atoms with Gasteiger partial charge in [-0.25, -0.2) is 0 Å². The molecule has 18 heavy (non-hydrogen) atoms. The van der Waals surface area contributed by atoms with Gasteiger partial charge in [0.1, 0.15) is 0 Å². The zero-order valence-corrected chi connectivity index (χ0v) is 10.6. The number of hydrogen-bond donors (Lipinski definition) is 0. The maximum Gasteiger partial charge on any atom is -0.00878 e. The average Bonchev–Trinajstić information content (AvgIpc) is 2.43. The summed E-state index contributed by atoms with van der Waals surface area (Å²) in [5, 5.41) is 5.42. The fourth-order valence-electron chi connectivity index (χ4n) is 2.80. The Balaban J connectivity index is 2.58. The van der Waals surface area contributed by atoms with Crippen molar-refractivity contribution < 1.29 is 0 Å². The van der Waals surface area contributed by atoms with Gasteiger partial charge in [0.25, 0.3) is 0 Å². The molecule has 0 saturated carbocycles. The lowest BCUT2D eigenvalue weighted by Crippen LogP contribution is -1.91. The SMILES string of the molecule is C=CCc1c2ccccc2c(C)c2ccccc12. The zero-order chi connectivity index (χ0) is 12.5. The van der Waals surface area contributed by atoms with Crippen molar-refractivity contribution in [3.8, 4) is 0 Å². The van der Waals surface area contributed by atoms with E-state index in [1.165, 1.54) is 32.7 Å². The van der Waals surface area contributed by atoms with Crippen molar-refractivity contribution in [1.82, 2.24) is 0 Å². The van der Waals surface area contributed by atoms with E-state index in [-0.39, 0.29) is 0 Å². The number of benzene rings is 3. The molecule has 3 aromatic rings. The van der Waals surface area contributed by atoms with Gasteiger partial charge in [-0.15, -0.1) is 6.58 Å². The van der Waals surface area contributed by atoms with E-state index in [0.717, 1.165) is 6.42 Å². The Morgan fingerprint density at radius 1 is 0.833 bits per heavy atom. The number of aryl methyl sites for hydroxylation is 1. The molecule has 0 bridgehead atoms. The molecule has 0 aliphatic heterocycles. The lowest BCUT2D eigenvalue weighted by molar-refractivity contribution is 1.33. The zero-order valence-electron chi connectivity index (χ0n) is 10.6. The quantitative estimate of drug-likeness (QED) is 0.429. The van der Waals surface area contributed by atoms with Crippen LogP contribution in [0.1, 0.15) is 11.1 Å². The molecule has 0 unspecified atom stereocenters. The minimum atomic E-state index is 0.918. The highest BCUT2D eigenvalue weighted by atomic mass is 14.1. The molecule has 0 aliphatic carbocycles. The first-order chi connectivity index (χ1) is 8.83. The molecule has 0 saturated heterocycles. The highest BCUT2D eigenvalue weighted by molar-refractivity contribution is 6.05. The van der Waals surface area contributed by atoms with Crippen LogP contribution in [0.25, 0.3) is 21.5 Å². The second-order valence-electron chi connectivity index (χ2n) is 4.69. The summed E-state index contributed by atoms with van der Waals surface area (Å²) < 4.78 is 0. The van der Waals surface area contributed by atoms with Crippen LogP contribution in [0.3, 0.4) is 0 Å². The van der Waals surface area contributed by atoms with Crippen molar-refractivity contribution in [1.29, 1.82) is 0 Å². The van der Waals surface area contributed by atoms with Gasteiger partial charge >= 0.3 is 0 Å². The molecule has 0 spiro atoms. The van der Waals surface area contributed by atoms with Gasteiger partial charge < -0.3 is 0 Å². The van der Waals surface area contributed by atoms with Crippen LogP contribution in [0.2, 0.25) is 0 Å². The molecular formula is C18H16. The summed E-state index contributed by atoms with van der Waals surface area (Å²) in [7, 11) is 0. The largest absolute Gasteiger partial charge is 0.103 e. The molecule has 0 amide bonds. The van der Waals surface area contributed by atoms with Crippen LogP contribution in [0, 0.1) is 6.92 Å². The molecule has 0 aliphatic rings. The summed E-state index contributed by atoms with van der Waals surface area (Å²) in [4.78, 5) is 0. The molecule has 0 atom stereocenters. The number of fused-ring (bicyclic) bond motifs is 2. The summed E-state index contributed by atoms with van der Waals surface area (Å²) >= 11 is 0. The van der Waals surface area contributed by atoms with E-state index in [0.29, 0.717) is 0 Å². The van der Waals surface area contributed by atoms with E-state index >= 15 is 0 Å². The monoisotopic (exact) mass is 232 g/mol. The summed E-state index contributed by atoms with van der Waals surface area (Å²) in [5.41, 5.74) is 2.76. The third-order valence-corrected chi connectivity index (χ3v) is 3.66. The predicted molar refractivity (Wildman–Crippen MR) is 80.1 cm³/mol. The Hall–Kier alpha value is -2.08. The van der Waals surface area contributed by atoms with Crippen molar-refractivity contribution in [3.05, 3.63) is 72.3 Å². The summed E-state index contributed by atoms with van der Waals surface area (Å²) in [6.07, 6.45) is 2.91. The molecule has 88 valence electrons. The Morgan fingerprint density at radius 3 is 1.72 bits per heavy atom. The lowest BCUT2D eigenvalue weighted by Gasteiger charge is -2.13. The van der Waals surface area contributed by atoms with Crippen molar-refractivity contribution >= 4 is 21.5 Å². The van der Waals surface area contributed by atoms with Gasteiger partial charge in [0.15, 0.2) is 0 Å². The fourth-order valence-corrected chi connectivity index (χ4v) is 2.80. The molecule has 3 aromatic carbocycles. The Kier molecular flexibility index (Phi) is 2.64. The summed E-state index contributed by atoms with van der Waals surface area (Å²) in [6, 6.07) is 17.3. The lowest BCUT2D eigenvalue weighted by atomic mass is 9.91. The third-order valence-electron chi connectivity index (χ3n) is 3.66. The molecular weight excluding hydrogens is 216 g/mol. The summed E-state index contributed by atoms with van der Waals surface area (Å²) in [5.74, 6) is 0. The van der Waals surface area contributed by atoms with E-state index in [9.17, 15) is 0 Å². The van der Waals surface area contributed by atoms with Crippen LogP contribution in [-0.4, -0.2) is 0 Å². The maximum absolute atomic E-state index is 3.89. The van der Waals surface area contributed by atoms with E-state index in [1.807, 2.05) is 6.08 Å². The summed E-state index contributed by atoms with van der Waals surface area (Å²) in [6.45, 7) is 6.10. The Morgan fingerprint density at radius 2 is 1.28 bits per heavy atom. The molecule has 0 N–H and O–H groups in total. The standard InChI is InChI=1S/C18H16/c1-3-8-16-17-11-6-4-9-14(17)13(2)15-10-5-7-12-18(15)16/h3-7,9-12H,1,8H2,2H3. The van der Waals surface area contributed by atoms with Crippen molar-refractivity contribution in [3.63, 3.8) is 0 Å². The Bertz CT molecular complexity index is 678. The maximum atomic E-state index is 3.89. The molecule has 0 nitrogen and oxygen atoms in total. The van der Waals surface area contributed by atoms with Gasteiger partial charge in [-0.1, -0.05) is 54.6 Å². The second kappa shape index (κ2) is 4.30. The van der Waals surface area contributed by atoms with Gasteiger partial charge in [0.05, 0.1) is 0 Å². The van der Waals surface area contributed by atoms with E-state index in [4.69, 9.17) is 0 Å². The number of hydrogen-bond acceptors (Lipinski definition) is 0. The van der Waals surface area contributed by atoms with Crippen molar-refractivity contribution in [2.75, 3.05) is 0 Å². The molecule has 0 fully saturated rings. The first-order valence-electron chi connectivity index (χ1n) is 6.32. The molecule has 3 rings (SSSR count). The number of allylic oxidation sites excluding steroid dienone is 1. The van der Waals surface area contributed by atoms with E-state index < -0.39 is 0 Å². The van der Waals surface area contributed by atoms with Crippen LogP contribution >= 0.6 is 0 Å². The van der Waals surface area contributed by atoms with E-state index in [1.54, 1.807) is 0 Å². The molecule has 0 heteroatoms. The minimum absolute atomic E-state index is 0.918. The van der Waals surface area contributed by atoms with Gasteiger partial charge in [-0.3, -0.25) is 0 Å².